The standard InChI is InChI=1S/C26H31N3O5S/c1-4-14-28(21-12-15-27(16-13-21)24(30)19-8-6-5-7-9-19)25(31)20-10-11-22-23(17-20)35(33,34)29(18(2)3)26(22)32/h5-11,17-18,21H,4,12-16H2,1-3H3. The zero-order chi connectivity index (χ0) is 25.3. The van der Waals surface area contributed by atoms with Crippen LogP contribution in [-0.4, -0.2) is 72.0 Å². The van der Waals surface area contributed by atoms with Crippen molar-refractivity contribution in [2.24, 2.45) is 0 Å². The highest BCUT2D eigenvalue weighted by Crippen LogP contribution is 2.33. The topological polar surface area (TPSA) is 95.1 Å². The van der Waals surface area contributed by atoms with Crippen molar-refractivity contribution in [2.45, 2.75) is 57.0 Å². The molecule has 8 nitrogen and oxygen atoms in total. The van der Waals surface area contributed by atoms with Crippen molar-refractivity contribution in [3.05, 3.63) is 65.2 Å². The first-order valence-electron chi connectivity index (χ1n) is 12.0. The molecule has 2 aliphatic heterocycles. The van der Waals surface area contributed by atoms with Gasteiger partial charge in [-0.05, 0) is 63.4 Å². The van der Waals surface area contributed by atoms with Crippen molar-refractivity contribution in [2.75, 3.05) is 19.6 Å². The molecule has 0 N–H and O–H groups in total. The molecule has 0 aromatic heterocycles. The van der Waals surface area contributed by atoms with E-state index < -0.39 is 22.0 Å². The van der Waals surface area contributed by atoms with Gasteiger partial charge in [0.25, 0.3) is 27.7 Å². The number of hydrogen-bond acceptors (Lipinski definition) is 5. The van der Waals surface area contributed by atoms with Crippen LogP contribution in [0.25, 0.3) is 0 Å². The third kappa shape index (κ3) is 4.57. The van der Waals surface area contributed by atoms with E-state index in [1.165, 1.54) is 18.2 Å². The molecule has 1 fully saturated rings. The smallest absolute Gasteiger partial charge is 0.269 e. The first kappa shape index (κ1) is 24.9. The molecule has 2 aromatic rings. The quantitative estimate of drug-likeness (QED) is 0.610. The van der Waals surface area contributed by atoms with Crippen LogP contribution in [0.4, 0.5) is 0 Å². The Hall–Kier alpha value is -3.20. The van der Waals surface area contributed by atoms with Gasteiger partial charge in [-0.1, -0.05) is 25.1 Å². The summed E-state index contributed by atoms with van der Waals surface area (Å²) in [6, 6.07) is 12.9. The molecule has 0 unspecified atom stereocenters. The number of sulfonamides is 1. The first-order valence-corrected chi connectivity index (χ1v) is 13.5. The number of rotatable bonds is 6. The normalized spacial score (nSPS) is 17.5. The van der Waals surface area contributed by atoms with E-state index in [-0.39, 0.29) is 33.9 Å². The van der Waals surface area contributed by atoms with Gasteiger partial charge in [-0.2, -0.15) is 0 Å². The molecule has 2 heterocycles. The number of fused-ring (bicyclic) bond motifs is 1. The lowest BCUT2D eigenvalue weighted by Crippen LogP contribution is -2.49. The third-order valence-electron chi connectivity index (χ3n) is 6.60. The fraction of sp³-hybridized carbons (Fsp3) is 0.423. The van der Waals surface area contributed by atoms with Gasteiger partial charge in [0, 0.05) is 42.8 Å². The third-order valence-corrected chi connectivity index (χ3v) is 8.60. The Bertz CT molecular complexity index is 1230. The highest BCUT2D eigenvalue weighted by atomic mass is 32.2. The second-order valence-electron chi connectivity index (χ2n) is 9.30. The fourth-order valence-corrected chi connectivity index (χ4v) is 6.68. The molecule has 4 rings (SSSR count). The summed E-state index contributed by atoms with van der Waals surface area (Å²) in [4.78, 5) is 42.4. The van der Waals surface area contributed by atoms with E-state index in [1.807, 2.05) is 30.0 Å². The van der Waals surface area contributed by atoms with Gasteiger partial charge in [0.1, 0.15) is 4.90 Å². The van der Waals surface area contributed by atoms with Crippen LogP contribution >= 0.6 is 0 Å². The van der Waals surface area contributed by atoms with E-state index in [4.69, 9.17) is 0 Å². The van der Waals surface area contributed by atoms with Crippen LogP contribution in [0.3, 0.4) is 0 Å². The maximum Gasteiger partial charge on any atom is 0.269 e. The Morgan fingerprint density at radius 2 is 1.69 bits per heavy atom. The largest absolute Gasteiger partial charge is 0.338 e. The van der Waals surface area contributed by atoms with Gasteiger partial charge >= 0.3 is 0 Å². The molecule has 35 heavy (non-hydrogen) atoms. The molecule has 1 saturated heterocycles. The van der Waals surface area contributed by atoms with Crippen LogP contribution in [-0.2, 0) is 10.0 Å². The average molecular weight is 498 g/mol. The Balaban J connectivity index is 1.52. The predicted octanol–water partition coefficient (Wildman–Crippen LogP) is 3.40. The summed E-state index contributed by atoms with van der Waals surface area (Å²) in [6.45, 7) is 6.89. The molecule has 0 radical (unpaired) electrons. The van der Waals surface area contributed by atoms with Crippen LogP contribution in [0.2, 0.25) is 0 Å². The Labute approximate surface area is 206 Å². The molecule has 0 aliphatic carbocycles. The van der Waals surface area contributed by atoms with E-state index >= 15 is 0 Å². The van der Waals surface area contributed by atoms with Crippen LogP contribution in [0.15, 0.2) is 53.4 Å². The van der Waals surface area contributed by atoms with Crippen molar-refractivity contribution in [3.8, 4) is 0 Å². The van der Waals surface area contributed by atoms with Crippen molar-refractivity contribution < 1.29 is 22.8 Å². The summed E-state index contributed by atoms with van der Waals surface area (Å²) < 4.78 is 26.8. The summed E-state index contributed by atoms with van der Waals surface area (Å²) in [6.07, 6.45) is 2.04. The summed E-state index contributed by atoms with van der Waals surface area (Å²) in [5.74, 6) is -0.830. The van der Waals surface area contributed by atoms with E-state index in [0.29, 0.717) is 38.0 Å². The van der Waals surface area contributed by atoms with Gasteiger partial charge < -0.3 is 9.80 Å². The molecule has 9 heteroatoms. The van der Waals surface area contributed by atoms with Crippen LogP contribution in [0.1, 0.15) is 71.1 Å². The lowest BCUT2D eigenvalue weighted by Gasteiger charge is -2.38. The number of hydrogen-bond donors (Lipinski definition) is 0. The maximum absolute atomic E-state index is 13.5. The van der Waals surface area contributed by atoms with E-state index in [1.54, 1.807) is 30.9 Å². The van der Waals surface area contributed by atoms with Crippen molar-refractivity contribution in [1.82, 2.24) is 14.1 Å². The number of carbonyl (C=O) groups is 3. The highest BCUT2D eigenvalue weighted by molar-refractivity contribution is 7.90. The van der Waals surface area contributed by atoms with Crippen molar-refractivity contribution in [1.29, 1.82) is 0 Å². The molecule has 2 aromatic carbocycles. The molecule has 0 spiro atoms. The lowest BCUT2D eigenvalue weighted by atomic mass is 10.00. The van der Waals surface area contributed by atoms with Gasteiger partial charge in [0.2, 0.25) is 0 Å². The van der Waals surface area contributed by atoms with E-state index in [0.717, 1.165) is 10.7 Å². The van der Waals surface area contributed by atoms with Crippen molar-refractivity contribution in [3.63, 3.8) is 0 Å². The molecule has 2 aliphatic rings. The van der Waals surface area contributed by atoms with E-state index in [2.05, 4.69) is 0 Å². The molecular weight excluding hydrogens is 466 g/mol. The highest BCUT2D eigenvalue weighted by Gasteiger charge is 2.43. The number of benzene rings is 2. The van der Waals surface area contributed by atoms with Crippen LogP contribution in [0.5, 0.6) is 0 Å². The molecule has 0 bridgehead atoms. The zero-order valence-electron chi connectivity index (χ0n) is 20.3. The van der Waals surface area contributed by atoms with E-state index in [9.17, 15) is 22.8 Å². The van der Waals surface area contributed by atoms with Gasteiger partial charge in [-0.25, -0.2) is 12.7 Å². The second kappa shape index (κ2) is 9.81. The SMILES string of the molecule is CCCN(C(=O)c1ccc2c(c1)S(=O)(=O)N(C(C)C)C2=O)C1CCN(C(=O)c2ccccc2)CC1. The molecule has 0 atom stereocenters. The minimum absolute atomic E-state index is 0.0133. The minimum Gasteiger partial charge on any atom is -0.338 e. The fourth-order valence-electron chi connectivity index (χ4n) is 4.89. The van der Waals surface area contributed by atoms with Gasteiger partial charge in [0.15, 0.2) is 0 Å². The molecular formula is C26H31N3O5S. The average Bonchev–Trinajstić information content (AvgIpc) is 3.06. The number of piperidine rings is 1. The summed E-state index contributed by atoms with van der Waals surface area (Å²) in [5, 5.41) is 0. The molecule has 3 amide bonds. The summed E-state index contributed by atoms with van der Waals surface area (Å²) >= 11 is 0. The maximum atomic E-state index is 13.5. The number of amides is 3. The van der Waals surface area contributed by atoms with Crippen LogP contribution in [0, 0.1) is 0 Å². The van der Waals surface area contributed by atoms with Gasteiger partial charge in [0.05, 0.1) is 5.56 Å². The van der Waals surface area contributed by atoms with Crippen LogP contribution < -0.4 is 0 Å². The Morgan fingerprint density at radius 3 is 2.29 bits per heavy atom. The van der Waals surface area contributed by atoms with Gasteiger partial charge in [-0.15, -0.1) is 0 Å². The summed E-state index contributed by atoms with van der Waals surface area (Å²) in [7, 11) is -3.99. The number of carbonyl (C=O) groups excluding carboxylic acids is 3. The lowest BCUT2D eigenvalue weighted by molar-refractivity contribution is 0.0518. The molecule has 0 saturated carbocycles. The molecule has 186 valence electrons. The van der Waals surface area contributed by atoms with Crippen molar-refractivity contribution >= 4 is 27.7 Å². The first-order chi connectivity index (χ1) is 16.7. The Morgan fingerprint density at radius 1 is 1.03 bits per heavy atom. The number of nitrogens with zero attached hydrogens (tertiary/aromatic N) is 3. The summed E-state index contributed by atoms with van der Waals surface area (Å²) in [5.41, 5.74) is 1.00. The van der Waals surface area contributed by atoms with Gasteiger partial charge in [-0.3, -0.25) is 14.4 Å². The Kier molecular flexibility index (Phi) is 6.98. The zero-order valence-corrected chi connectivity index (χ0v) is 21.1. The monoisotopic (exact) mass is 497 g/mol. The minimum atomic E-state index is -3.99. The predicted molar refractivity (Wildman–Crippen MR) is 132 cm³/mol. The number of likely N-dealkylation sites (tertiary alicyclic amines) is 1. The second-order valence-corrected chi connectivity index (χ2v) is 11.1.